The van der Waals surface area contributed by atoms with Crippen LogP contribution in [0.5, 0.6) is 0 Å². The second kappa shape index (κ2) is 11.6. The highest BCUT2D eigenvalue weighted by Gasteiger charge is 2.04. The van der Waals surface area contributed by atoms with Gasteiger partial charge in [0.1, 0.15) is 12.4 Å². The van der Waals surface area contributed by atoms with Gasteiger partial charge in [-0.1, -0.05) is 30.3 Å². The predicted molar refractivity (Wildman–Crippen MR) is 129 cm³/mol. The summed E-state index contributed by atoms with van der Waals surface area (Å²) in [4.78, 5) is 12.4. The minimum Gasteiger partial charge on any atom is -0.357 e. The zero-order valence-corrected chi connectivity index (χ0v) is 19.6. The summed E-state index contributed by atoms with van der Waals surface area (Å²) >= 11 is 0. The second-order valence-electron chi connectivity index (χ2n) is 6.74. The van der Waals surface area contributed by atoms with E-state index < -0.39 is 0 Å². The lowest BCUT2D eigenvalue weighted by Gasteiger charge is -2.11. The fraction of sp³-hybridized carbons (Fsp3) is 0.381. The molecule has 8 heteroatoms. The SMILES string of the molecule is CCNC(=NCc1ncc(-c2ccccc2)[nH]1)NCCCn1nc(C)cc1C.I. The summed E-state index contributed by atoms with van der Waals surface area (Å²) in [6, 6.07) is 12.3. The first-order valence-electron chi connectivity index (χ1n) is 9.78. The van der Waals surface area contributed by atoms with Gasteiger partial charge in [0, 0.05) is 25.3 Å². The van der Waals surface area contributed by atoms with Crippen LogP contribution in [0.3, 0.4) is 0 Å². The Bertz CT molecular complexity index is 899. The first-order valence-corrected chi connectivity index (χ1v) is 9.78. The van der Waals surface area contributed by atoms with E-state index in [2.05, 4.69) is 67.4 Å². The number of halogens is 1. The van der Waals surface area contributed by atoms with E-state index in [1.807, 2.05) is 31.3 Å². The third kappa shape index (κ3) is 6.88. The van der Waals surface area contributed by atoms with Crippen LogP contribution in [0.4, 0.5) is 0 Å². The van der Waals surface area contributed by atoms with Crippen LogP contribution in [-0.2, 0) is 13.1 Å². The molecule has 0 saturated carbocycles. The van der Waals surface area contributed by atoms with Crippen molar-refractivity contribution in [2.75, 3.05) is 13.1 Å². The van der Waals surface area contributed by atoms with Gasteiger partial charge in [-0.15, -0.1) is 24.0 Å². The van der Waals surface area contributed by atoms with Crippen LogP contribution in [0, 0.1) is 13.8 Å². The van der Waals surface area contributed by atoms with E-state index in [1.54, 1.807) is 0 Å². The Kier molecular flexibility index (Phi) is 9.17. The van der Waals surface area contributed by atoms with Crippen LogP contribution in [0.1, 0.15) is 30.6 Å². The van der Waals surface area contributed by atoms with Gasteiger partial charge in [0.15, 0.2) is 5.96 Å². The standard InChI is InChI=1S/C21H29N7.HI/c1-4-22-21(23-11-8-12-28-17(3)13-16(2)27-28)25-15-20-24-14-19(26-20)18-9-6-5-7-10-18;/h5-7,9-10,13-14H,4,8,11-12,15H2,1-3H3,(H,24,26)(H2,22,23,25);1H. The van der Waals surface area contributed by atoms with E-state index in [0.29, 0.717) is 6.54 Å². The maximum absolute atomic E-state index is 4.64. The van der Waals surface area contributed by atoms with Crippen molar-refractivity contribution in [3.63, 3.8) is 0 Å². The van der Waals surface area contributed by atoms with E-state index >= 15 is 0 Å². The highest BCUT2D eigenvalue weighted by atomic mass is 127. The number of benzene rings is 1. The molecule has 29 heavy (non-hydrogen) atoms. The molecular weight excluding hydrogens is 477 g/mol. The molecule has 3 rings (SSSR count). The molecule has 0 saturated heterocycles. The highest BCUT2D eigenvalue weighted by Crippen LogP contribution is 2.16. The molecule has 156 valence electrons. The fourth-order valence-corrected chi connectivity index (χ4v) is 3.04. The van der Waals surface area contributed by atoms with E-state index in [1.165, 1.54) is 5.69 Å². The van der Waals surface area contributed by atoms with E-state index in [0.717, 1.165) is 54.8 Å². The zero-order chi connectivity index (χ0) is 19.8. The number of guanidine groups is 1. The number of hydrogen-bond acceptors (Lipinski definition) is 3. The quantitative estimate of drug-likeness (QED) is 0.188. The lowest BCUT2D eigenvalue weighted by Crippen LogP contribution is -2.38. The van der Waals surface area contributed by atoms with Gasteiger partial charge in [-0.3, -0.25) is 4.68 Å². The van der Waals surface area contributed by atoms with Crippen molar-refractivity contribution in [2.24, 2.45) is 4.99 Å². The maximum Gasteiger partial charge on any atom is 0.191 e. The molecule has 0 aliphatic carbocycles. The zero-order valence-electron chi connectivity index (χ0n) is 17.3. The molecule has 1 aromatic carbocycles. The number of hydrogen-bond donors (Lipinski definition) is 3. The summed E-state index contributed by atoms with van der Waals surface area (Å²) in [6.07, 6.45) is 2.83. The van der Waals surface area contributed by atoms with Gasteiger partial charge in [-0.05, 0) is 38.8 Å². The van der Waals surface area contributed by atoms with Gasteiger partial charge < -0.3 is 15.6 Å². The molecule has 0 bridgehead atoms. The largest absolute Gasteiger partial charge is 0.357 e. The smallest absolute Gasteiger partial charge is 0.191 e. The monoisotopic (exact) mass is 507 g/mol. The van der Waals surface area contributed by atoms with E-state index in [-0.39, 0.29) is 24.0 Å². The Morgan fingerprint density at radius 3 is 2.66 bits per heavy atom. The minimum absolute atomic E-state index is 0. The van der Waals surface area contributed by atoms with Gasteiger partial charge >= 0.3 is 0 Å². The molecule has 0 spiro atoms. The van der Waals surface area contributed by atoms with Crippen molar-refractivity contribution in [3.8, 4) is 11.3 Å². The van der Waals surface area contributed by atoms with Crippen LogP contribution < -0.4 is 10.6 Å². The molecule has 0 radical (unpaired) electrons. The predicted octanol–water partition coefficient (Wildman–Crippen LogP) is 3.65. The first-order chi connectivity index (χ1) is 13.7. The van der Waals surface area contributed by atoms with Crippen molar-refractivity contribution < 1.29 is 0 Å². The second-order valence-corrected chi connectivity index (χ2v) is 6.74. The topological polar surface area (TPSA) is 82.9 Å². The molecule has 3 N–H and O–H groups in total. The lowest BCUT2D eigenvalue weighted by molar-refractivity contribution is 0.555. The molecule has 2 aromatic heterocycles. The van der Waals surface area contributed by atoms with Crippen molar-refractivity contribution in [1.82, 2.24) is 30.4 Å². The number of aliphatic imine (C=N–C) groups is 1. The van der Waals surface area contributed by atoms with Gasteiger partial charge in [0.25, 0.3) is 0 Å². The van der Waals surface area contributed by atoms with Crippen LogP contribution >= 0.6 is 24.0 Å². The molecule has 3 aromatic rings. The van der Waals surface area contributed by atoms with E-state index in [4.69, 9.17) is 0 Å². The number of nitrogens with one attached hydrogen (secondary N) is 3. The molecule has 0 aliphatic rings. The Labute approximate surface area is 189 Å². The maximum atomic E-state index is 4.64. The van der Waals surface area contributed by atoms with Crippen LogP contribution in [0.15, 0.2) is 47.6 Å². The fourth-order valence-electron chi connectivity index (χ4n) is 3.04. The van der Waals surface area contributed by atoms with Crippen molar-refractivity contribution in [2.45, 2.75) is 40.3 Å². The minimum atomic E-state index is 0. The number of nitrogens with zero attached hydrogens (tertiary/aromatic N) is 4. The average Bonchev–Trinajstić information content (AvgIpc) is 3.30. The van der Waals surface area contributed by atoms with Gasteiger partial charge in [-0.2, -0.15) is 5.10 Å². The Hall–Kier alpha value is -2.36. The molecule has 0 amide bonds. The van der Waals surface area contributed by atoms with Crippen LogP contribution in [0.25, 0.3) is 11.3 Å². The first kappa shape index (κ1) is 22.9. The molecule has 7 nitrogen and oxygen atoms in total. The number of imidazole rings is 1. The third-order valence-electron chi connectivity index (χ3n) is 4.39. The Balaban J connectivity index is 0.00000300. The Morgan fingerprint density at radius 1 is 1.17 bits per heavy atom. The lowest BCUT2D eigenvalue weighted by atomic mass is 10.2. The number of H-pyrrole nitrogens is 1. The summed E-state index contributed by atoms with van der Waals surface area (Å²) in [5.41, 5.74) is 4.40. The summed E-state index contributed by atoms with van der Waals surface area (Å²) < 4.78 is 2.05. The molecule has 0 aliphatic heterocycles. The molecule has 0 fully saturated rings. The summed E-state index contributed by atoms with van der Waals surface area (Å²) in [5, 5.41) is 11.2. The summed E-state index contributed by atoms with van der Waals surface area (Å²) in [7, 11) is 0. The number of aryl methyl sites for hydroxylation is 3. The van der Waals surface area contributed by atoms with Crippen LogP contribution in [-0.4, -0.2) is 38.8 Å². The number of rotatable bonds is 8. The molecular formula is C21H30IN7. The van der Waals surface area contributed by atoms with E-state index in [9.17, 15) is 0 Å². The van der Waals surface area contributed by atoms with Crippen LogP contribution in [0.2, 0.25) is 0 Å². The third-order valence-corrected chi connectivity index (χ3v) is 4.39. The summed E-state index contributed by atoms with van der Waals surface area (Å²) in [6.45, 7) is 9.22. The molecule has 0 unspecified atom stereocenters. The highest BCUT2D eigenvalue weighted by molar-refractivity contribution is 14.0. The normalized spacial score (nSPS) is 11.2. The van der Waals surface area contributed by atoms with Crippen molar-refractivity contribution >= 4 is 29.9 Å². The molecule has 2 heterocycles. The summed E-state index contributed by atoms with van der Waals surface area (Å²) in [5.74, 6) is 1.65. The molecule has 0 atom stereocenters. The average molecular weight is 507 g/mol. The van der Waals surface area contributed by atoms with Gasteiger partial charge in [0.05, 0.1) is 17.6 Å². The van der Waals surface area contributed by atoms with Gasteiger partial charge in [0.2, 0.25) is 0 Å². The Morgan fingerprint density at radius 2 is 1.97 bits per heavy atom. The van der Waals surface area contributed by atoms with Crippen molar-refractivity contribution in [3.05, 3.63) is 59.8 Å². The number of aromatic amines is 1. The van der Waals surface area contributed by atoms with Gasteiger partial charge in [-0.25, -0.2) is 9.98 Å². The van der Waals surface area contributed by atoms with Crippen molar-refractivity contribution in [1.29, 1.82) is 0 Å². The number of aromatic nitrogens is 4.